The molecule has 0 amide bonds. The Labute approximate surface area is 124 Å². The van der Waals surface area contributed by atoms with Crippen molar-refractivity contribution in [1.29, 1.82) is 0 Å². The predicted molar refractivity (Wildman–Crippen MR) is 83.7 cm³/mol. The molecule has 0 saturated carbocycles. The van der Waals surface area contributed by atoms with E-state index in [1.165, 1.54) is 50.3 Å². The number of piperidine rings is 1. The molecule has 2 saturated heterocycles. The van der Waals surface area contributed by atoms with E-state index in [2.05, 4.69) is 14.2 Å². The first-order chi connectivity index (χ1) is 9.79. The first-order valence-corrected chi connectivity index (χ1v) is 8.44. The summed E-state index contributed by atoms with van der Waals surface area (Å²) < 4.78 is 9.93. The molecule has 3 heterocycles. The van der Waals surface area contributed by atoms with Crippen LogP contribution in [0.1, 0.15) is 32.6 Å². The highest BCUT2D eigenvalue weighted by Crippen LogP contribution is 2.40. The number of likely N-dealkylation sites (tertiary alicyclic amines) is 1. The average Bonchev–Trinajstić information content (AvgIpc) is 3.08. The molecule has 2 aliphatic rings. The van der Waals surface area contributed by atoms with Crippen LogP contribution in [0.3, 0.4) is 0 Å². The van der Waals surface area contributed by atoms with Crippen molar-refractivity contribution in [2.45, 2.75) is 38.6 Å². The largest absolute Gasteiger partial charge is 0.487 e. The fourth-order valence-electron chi connectivity index (χ4n) is 3.27. The van der Waals surface area contributed by atoms with Crippen LogP contribution in [0.2, 0.25) is 0 Å². The number of nitrogens with two attached hydrogens (primary N) is 1. The van der Waals surface area contributed by atoms with Crippen molar-refractivity contribution in [1.82, 2.24) is 9.27 Å². The zero-order valence-electron chi connectivity index (χ0n) is 12.2. The lowest BCUT2D eigenvalue weighted by Gasteiger charge is -2.32. The molecule has 0 radical (unpaired) electrons. The summed E-state index contributed by atoms with van der Waals surface area (Å²) in [5.41, 5.74) is 5.91. The number of nitrogen functional groups attached to an aromatic ring is 1. The van der Waals surface area contributed by atoms with Crippen molar-refractivity contribution in [2.75, 3.05) is 43.4 Å². The minimum absolute atomic E-state index is 0.535. The second-order valence-corrected chi connectivity index (χ2v) is 6.37. The van der Waals surface area contributed by atoms with E-state index >= 15 is 0 Å². The molecule has 2 fully saturated rings. The lowest BCUT2D eigenvalue weighted by Crippen LogP contribution is -2.40. The van der Waals surface area contributed by atoms with Gasteiger partial charge in [-0.15, -0.1) is 0 Å². The minimum Gasteiger partial charge on any atom is -0.487 e. The van der Waals surface area contributed by atoms with Gasteiger partial charge in [-0.1, -0.05) is 6.42 Å². The van der Waals surface area contributed by atoms with E-state index in [0.717, 1.165) is 23.8 Å². The Balaban J connectivity index is 1.67. The normalized spacial score (nSPS) is 24.2. The summed E-state index contributed by atoms with van der Waals surface area (Å²) in [6.07, 6.45) is 5.35. The second-order valence-electron chi connectivity index (χ2n) is 5.62. The third-order valence-corrected chi connectivity index (χ3v) is 5.21. The summed E-state index contributed by atoms with van der Waals surface area (Å²) in [5, 5.41) is 1.11. The smallest absolute Gasteiger partial charge is 0.197 e. The van der Waals surface area contributed by atoms with Crippen LogP contribution in [-0.4, -0.2) is 48.1 Å². The monoisotopic (exact) mass is 296 g/mol. The molecule has 5 nitrogen and oxygen atoms in total. The molecule has 3 rings (SSSR count). The van der Waals surface area contributed by atoms with Gasteiger partial charge < -0.3 is 15.4 Å². The Morgan fingerprint density at radius 3 is 2.85 bits per heavy atom. The van der Waals surface area contributed by atoms with Gasteiger partial charge >= 0.3 is 0 Å². The molecule has 112 valence electrons. The lowest BCUT2D eigenvalue weighted by atomic mass is 10.1. The van der Waals surface area contributed by atoms with Crippen molar-refractivity contribution in [2.24, 2.45) is 0 Å². The van der Waals surface area contributed by atoms with Crippen molar-refractivity contribution >= 4 is 22.4 Å². The number of anilines is 2. The van der Waals surface area contributed by atoms with Gasteiger partial charge in [0.15, 0.2) is 16.6 Å². The fourth-order valence-corrected chi connectivity index (χ4v) is 4.07. The van der Waals surface area contributed by atoms with Gasteiger partial charge in [0.05, 0.1) is 6.61 Å². The zero-order chi connectivity index (χ0) is 13.9. The summed E-state index contributed by atoms with van der Waals surface area (Å²) in [6, 6.07) is 0.688. The summed E-state index contributed by atoms with van der Waals surface area (Å²) >= 11 is 1.47. The maximum Gasteiger partial charge on any atom is 0.197 e. The van der Waals surface area contributed by atoms with E-state index in [4.69, 9.17) is 10.5 Å². The molecule has 2 aliphatic heterocycles. The van der Waals surface area contributed by atoms with Crippen molar-refractivity contribution in [3.63, 3.8) is 0 Å². The topological polar surface area (TPSA) is 54.6 Å². The lowest BCUT2D eigenvalue weighted by molar-refractivity contribution is 0.175. The fraction of sp³-hybridized carbons (Fsp3) is 0.786. The number of hydrogen-bond acceptors (Lipinski definition) is 6. The molecule has 1 aromatic rings. The van der Waals surface area contributed by atoms with Crippen LogP contribution < -0.4 is 15.4 Å². The van der Waals surface area contributed by atoms with Crippen LogP contribution in [0.5, 0.6) is 5.75 Å². The van der Waals surface area contributed by atoms with Crippen LogP contribution in [0.15, 0.2) is 0 Å². The van der Waals surface area contributed by atoms with Crippen LogP contribution in [0.25, 0.3) is 0 Å². The van der Waals surface area contributed by atoms with Gasteiger partial charge in [-0.05, 0) is 50.8 Å². The van der Waals surface area contributed by atoms with Crippen LogP contribution in [0.4, 0.5) is 10.8 Å². The first kappa shape index (κ1) is 13.9. The summed E-state index contributed by atoms with van der Waals surface area (Å²) in [6.45, 7) is 7.33. The number of rotatable bonds is 4. The Bertz CT molecular complexity index is 444. The highest BCUT2D eigenvalue weighted by atomic mass is 32.1. The van der Waals surface area contributed by atoms with Crippen LogP contribution in [-0.2, 0) is 0 Å². The summed E-state index contributed by atoms with van der Waals surface area (Å²) in [4.78, 5) is 5.06. The molecule has 20 heavy (non-hydrogen) atoms. The highest BCUT2D eigenvalue weighted by molar-refractivity contribution is 7.11. The maximum atomic E-state index is 5.91. The number of nitrogens with zero attached hydrogens (tertiary/aromatic N) is 3. The van der Waals surface area contributed by atoms with Gasteiger partial charge in [-0.3, -0.25) is 4.90 Å². The quantitative estimate of drug-likeness (QED) is 0.923. The van der Waals surface area contributed by atoms with Crippen LogP contribution in [0, 0.1) is 0 Å². The van der Waals surface area contributed by atoms with Gasteiger partial charge in [0.2, 0.25) is 0 Å². The molecule has 0 bridgehead atoms. The molecule has 6 heteroatoms. The second kappa shape index (κ2) is 6.18. The Morgan fingerprint density at radius 1 is 1.30 bits per heavy atom. The minimum atomic E-state index is 0.535. The van der Waals surface area contributed by atoms with E-state index in [1.807, 2.05) is 6.92 Å². The summed E-state index contributed by atoms with van der Waals surface area (Å²) in [5.74, 6) is 1.32. The number of ether oxygens (including phenoxy) is 1. The molecule has 0 spiro atoms. The Kier molecular flexibility index (Phi) is 4.31. The van der Waals surface area contributed by atoms with E-state index in [0.29, 0.717) is 18.5 Å². The van der Waals surface area contributed by atoms with Gasteiger partial charge in [0.1, 0.15) is 0 Å². The van der Waals surface area contributed by atoms with E-state index in [9.17, 15) is 0 Å². The van der Waals surface area contributed by atoms with E-state index in [-0.39, 0.29) is 0 Å². The number of hydrogen-bond donors (Lipinski definition) is 1. The van der Waals surface area contributed by atoms with Gasteiger partial charge in [0, 0.05) is 19.1 Å². The standard InChI is InChI=1S/C14H24N4OS/c1-2-19-12-13(15)16-20-14(12)18-9-6-11(10-18)17-7-4-3-5-8-17/h11H,2-10H2,1H3,(H2,15,16). The van der Waals surface area contributed by atoms with Gasteiger partial charge in [-0.25, -0.2) is 0 Å². The van der Waals surface area contributed by atoms with Crippen molar-refractivity contribution in [3.05, 3.63) is 0 Å². The SMILES string of the molecule is CCOc1c(N)nsc1N1CCC(N2CCCCC2)C1. The molecule has 0 aliphatic carbocycles. The van der Waals surface area contributed by atoms with Gasteiger partial charge in [0.25, 0.3) is 0 Å². The predicted octanol–water partition coefficient (Wildman–Crippen LogP) is 2.19. The molecule has 1 atom stereocenters. The highest BCUT2D eigenvalue weighted by Gasteiger charge is 2.31. The van der Waals surface area contributed by atoms with Crippen molar-refractivity contribution < 1.29 is 4.74 Å². The third-order valence-electron chi connectivity index (χ3n) is 4.30. The summed E-state index contributed by atoms with van der Waals surface area (Å²) in [7, 11) is 0. The molecular formula is C14H24N4OS. The molecule has 2 N–H and O–H groups in total. The molecule has 0 aromatic carbocycles. The van der Waals surface area contributed by atoms with E-state index in [1.54, 1.807) is 0 Å². The Hall–Kier alpha value is -1.01. The molecule has 1 unspecified atom stereocenters. The first-order valence-electron chi connectivity index (χ1n) is 7.66. The average molecular weight is 296 g/mol. The number of aromatic nitrogens is 1. The molecule has 1 aromatic heterocycles. The van der Waals surface area contributed by atoms with Crippen molar-refractivity contribution in [3.8, 4) is 5.75 Å². The van der Waals surface area contributed by atoms with Crippen LogP contribution >= 0.6 is 11.5 Å². The Morgan fingerprint density at radius 2 is 2.10 bits per heavy atom. The zero-order valence-corrected chi connectivity index (χ0v) is 13.0. The van der Waals surface area contributed by atoms with E-state index < -0.39 is 0 Å². The molecular weight excluding hydrogens is 272 g/mol. The third kappa shape index (κ3) is 2.72. The maximum absolute atomic E-state index is 5.91. The van der Waals surface area contributed by atoms with Gasteiger partial charge in [-0.2, -0.15) is 4.37 Å².